The van der Waals surface area contributed by atoms with Gasteiger partial charge in [0.1, 0.15) is 11.5 Å². The summed E-state index contributed by atoms with van der Waals surface area (Å²) in [7, 11) is 1.73. The first kappa shape index (κ1) is 12.9. The van der Waals surface area contributed by atoms with Crippen LogP contribution in [0.5, 0.6) is 0 Å². The average Bonchev–Trinajstić information content (AvgIpc) is 2.97. The Kier molecular flexibility index (Phi) is 3.86. The molecule has 5 nitrogen and oxygen atoms in total. The fourth-order valence-corrected chi connectivity index (χ4v) is 1.93. The number of rotatable bonds is 4. The molecule has 0 unspecified atom stereocenters. The lowest BCUT2D eigenvalue weighted by atomic mass is 10.3. The van der Waals surface area contributed by atoms with Crippen molar-refractivity contribution in [3.63, 3.8) is 0 Å². The quantitative estimate of drug-likeness (QED) is 0.872. The lowest BCUT2D eigenvalue weighted by Gasteiger charge is -2.13. The Labute approximate surface area is 114 Å². The zero-order valence-electron chi connectivity index (χ0n) is 10.3. The molecule has 96 valence electrons. The van der Waals surface area contributed by atoms with E-state index in [4.69, 9.17) is 4.42 Å². The van der Waals surface area contributed by atoms with Gasteiger partial charge in [-0.15, -0.1) is 0 Å². The highest BCUT2D eigenvalue weighted by atomic mass is 79.9. The molecule has 0 aromatic carbocycles. The number of nitrogens with zero attached hydrogens (tertiary/aromatic N) is 3. The Morgan fingerprint density at radius 3 is 2.83 bits per heavy atom. The predicted molar refractivity (Wildman–Crippen MR) is 70.1 cm³/mol. The van der Waals surface area contributed by atoms with Crippen LogP contribution in [0.1, 0.15) is 23.2 Å². The van der Waals surface area contributed by atoms with Crippen molar-refractivity contribution in [1.82, 2.24) is 14.7 Å². The molecule has 0 aliphatic carbocycles. The third kappa shape index (κ3) is 2.81. The van der Waals surface area contributed by atoms with Crippen molar-refractivity contribution < 1.29 is 9.21 Å². The largest absolute Gasteiger partial charge is 0.452 e. The molecule has 0 bridgehead atoms. The van der Waals surface area contributed by atoms with E-state index in [0.29, 0.717) is 16.9 Å². The third-order valence-electron chi connectivity index (χ3n) is 2.55. The van der Waals surface area contributed by atoms with Crippen molar-refractivity contribution in [1.29, 1.82) is 0 Å². The van der Waals surface area contributed by atoms with E-state index in [9.17, 15) is 4.79 Å². The second-order valence-electron chi connectivity index (χ2n) is 3.92. The predicted octanol–water partition coefficient (Wildman–Crippen LogP) is 2.53. The molecule has 0 aliphatic rings. The van der Waals surface area contributed by atoms with E-state index in [0.717, 1.165) is 12.3 Å². The van der Waals surface area contributed by atoms with Crippen LogP contribution in [0.25, 0.3) is 0 Å². The molecule has 6 heteroatoms. The van der Waals surface area contributed by atoms with Gasteiger partial charge in [-0.2, -0.15) is 5.10 Å². The van der Waals surface area contributed by atoms with E-state index in [-0.39, 0.29) is 5.91 Å². The molecule has 0 saturated heterocycles. The van der Waals surface area contributed by atoms with Gasteiger partial charge in [-0.05, 0) is 41.1 Å². The number of hydrogen-bond acceptors (Lipinski definition) is 3. The summed E-state index contributed by atoms with van der Waals surface area (Å²) >= 11 is 3.23. The minimum atomic E-state index is -0.116. The van der Waals surface area contributed by atoms with E-state index in [1.54, 1.807) is 35.0 Å². The molecule has 2 aromatic heterocycles. The molecule has 2 heterocycles. The second-order valence-corrected chi connectivity index (χ2v) is 4.71. The minimum Gasteiger partial charge on any atom is -0.452 e. The summed E-state index contributed by atoms with van der Waals surface area (Å²) in [5.41, 5.74) is 0.449. The molecule has 0 N–H and O–H groups in total. The lowest BCUT2D eigenvalue weighted by Crippen LogP contribution is -2.26. The van der Waals surface area contributed by atoms with Crippen molar-refractivity contribution in [2.75, 3.05) is 7.05 Å². The van der Waals surface area contributed by atoms with Gasteiger partial charge in [-0.3, -0.25) is 9.48 Å². The third-order valence-corrected chi connectivity index (χ3v) is 2.98. The molecule has 0 spiro atoms. The van der Waals surface area contributed by atoms with Crippen LogP contribution in [0.2, 0.25) is 0 Å². The standard InChI is InChI=1S/C12H14BrN3O2/c1-3-16-7-6-10(14-16)12(17)15(2)8-9-4-5-11(13)18-9/h4-7H,3,8H2,1-2H3. The van der Waals surface area contributed by atoms with Gasteiger partial charge in [-0.1, -0.05) is 0 Å². The van der Waals surface area contributed by atoms with Gasteiger partial charge in [0.05, 0.1) is 6.54 Å². The van der Waals surface area contributed by atoms with Gasteiger partial charge < -0.3 is 9.32 Å². The van der Waals surface area contributed by atoms with Crippen molar-refractivity contribution in [2.24, 2.45) is 0 Å². The van der Waals surface area contributed by atoms with Crippen LogP contribution in [0, 0.1) is 0 Å². The maximum absolute atomic E-state index is 12.1. The van der Waals surface area contributed by atoms with Gasteiger partial charge >= 0.3 is 0 Å². The smallest absolute Gasteiger partial charge is 0.274 e. The Morgan fingerprint density at radius 1 is 1.50 bits per heavy atom. The molecule has 0 radical (unpaired) electrons. The highest BCUT2D eigenvalue weighted by Gasteiger charge is 2.16. The van der Waals surface area contributed by atoms with E-state index >= 15 is 0 Å². The van der Waals surface area contributed by atoms with E-state index in [2.05, 4.69) is 21.0 Å². The van der Waals surface area contributed by atoms with Crippen molar-refractivity contribution >= 4 is 21.8 Å². The maximum atomic E-state index is 12.1. The number of amides is 1. The topological polar surface area (TPSA) is 51.3 Å². The molecule has 0 fully saturated rings. The van der Waals surface area contributed by atoms with Gasteiger partial charge in [-0.25, -0.2) is 0 Å². The summed E-state index contributed by atoms with van der Waals surface area (Å²) < 4.78 is 7.75. The number of aryl methyl sites for hydroxylation is 1. The van der Waals surface area contributed by atoms with Crippen molar-refractivity contribution in [2.45, 2.75) is 20.0 Å². The maximum Gasteiger partial charge on any atom is 0.274 e. The first-order valence-electron chi connectivity index (χ1n) is 5.63. The fraction of sp³-hybridized carbons (Fsp3) is 0.333. The monoisotopic (exact) mass is 311 g/mol. The first-order chi connectivity index (χ1) is 8.60. The van der Waals surface area contributed by atoms with Gasteiger partial charge in [0.15, 0.2) is 4.67 Å². The van der Waals surface area contributed by atoms with Crippen LogP contribution in [0.15, 0.2) is 33.5 Å². The molecule has 1 amide bonds. The SMILES string of the molecule is CCn1ccc(C(=O)N(C)Cc2ccc(Br)o2)n1. The Balaban J connectivity index is 2.04. The molecule has 2 aromatic rings. The molecular weight excluding hydrogens is 298 g/mol. The lowest BCUT2D eigenvalue weighted by molar-refractivity contribution is 0.0768. The zero-order valence-corrected chi connectivity index (χ0v) is 11.8. The van der Waals surface area contributed by atoms with E-state index in [1.165, 1.54) is 0 Å². The normalized spacial score (nSPS) is 10.6. The molecule has 0 atom stereocenters. The van der Waals surface area contributed by atoms with Crippen LogP contribution in [-0.2, 0) is 13.1 Å². The molecule has 0 aliphatic heterocycles. The number of carbonyl (C=O) groups is 1. The van der Waals surface area contributed by atoms with E-state index in [1.807, 2.05) is 13.0 Å². The van der Waals surface area contributed by atoms with Crippen LogP contribution >= 0.6 is 15.9 Å². The van der Waals surface area contributed by atoms with Crippen molar-refractivity contribution in [3.05, 3.63) is 40.5 Å². The first-order valence-corrected chi connectivity index (χ1v) is 6.42. The van der Waals surface area contributed by atoms with Crippen LogP contribution < -0.4 is 0 Å². The Morgan fingerprint density at radius 2 is 2.28 bits per heavy atom. The molecule has 2 rings (SSSR count). The molecule has 18 heavy (non-hydrogen) atoms. The fourth-order valence-electron chi connectivity index (χ4n) is 1.59. The van der Waals surface area contributed by atoms with Crippen LogP contribution in [-0.4, -0.2) is 27.6 Å². The zero-order chi connectivity index (χ0) is 13.1. The summed E-state index contributed by atoms with van der Waals surface area (Å²) in [5.74, 6) is 0.613. The van der Waals surface area contributed by atoms with Gasteiger partial charge in [0.2, 0.25) is 0 Å². The summed E-state index contributed by atoms with van der Waals surface area (Å²) in [6.45, 7) is 3.15. The van der Waals surface area contributed by atoms with Crippen LogP contribution in [0.3, 0.4) is 0 Å². The van der Waals surface area contributed by atoms with Crippen molar-refractivity contribution in [3.8, 4) is 0 Å². The Bertz CT molecular complexity index is 547. The molecular formula is C12H14BrN3O2. The van der Waals surface area contributed by atoms with Gasteiger partial charge in [0.25, 0.3) is 5.91 Å². The average molecular weight is 312 g/mol. The van der Waals surface area contributed by atoms with Crippen LogP contribution in [0.4, 0.5) is 0 Å². The summed E-state index contributed by atoms with van der Waals surface area (Å²) in [5, 5.41) is 4.18. The minimum absolute atomic E-state index is 0.116. The summed E-state index contributed by atoms with van der Waals surface area (Å²) in [6, 6.07) is 5.36. The summed E-state index contributed by atoms with van der Waals surface area (Å²) in [4.78, 5) is 13.7. The number of aromatic nitrogens is 2. The Hall–Kier alpha value is -1.56. The number of hydrogen-bond donors (Lipinski definition) is 0. The molecule has 0 saturated carbocycles. The van der Waals surface area contributed by atoms with Gasteiger partial charge in [0, 0.05) is 19.8 Å². The second kappa shape index (κ2) is 5.39. The highest BCUT2D eigenvalue weighted by molar-refractivity contribution is 9.10. The number of carbonyl (C=O) groups excluding carboxylic acids is 1. The number of furan rings is 1. The van der Waals surface area contributed by atoms with E-state index < -0.39 is 0 Å². The number of halogens is 1. The summed E-state index contributed by atoms with van der Waals surface area (Å²) in [6.07, 6.45) is 1.80. The highest BCUT2D eigenvalue weighted by Crippen LogP contribution is 2.15.